The molecule has 0 bridgehead atoms. The zero-order chi connectivity index (χ0) is 18.8. The lowest BCUT2D eigenvalue weighted by Gasteiger charge is -2.11. The number of hydrogen-bond donors (Lipinski definition) is 2. The van der Waals surface area contributed by atoms with Gasteiger partial charge in [0.05, 0.1) is 6.54 Å². The van der Waals surface area contributed by atoms with E-state index in [0.717, 1.165) is 5.69 Å². The van der Waals surface area contributed by atoms with Gasteiger partial charge in [-0.15, -0.1) is 0 Å². The van der Waals surface area contributed by atoms with Crippen LogP contribution in [0.3, 0.4) is 0 Å². The number of hydrogen-bond acceptors (Lipinski definition) is 6. The van der Waals surface area contributed by atoms with Gasteiger partial charge >= 0.3 is 5.97 Å². The molecule has 0 radical (unpaired) electrons. The van der Waals surface area contributed by atoms with E-state index in [4.69, 9.17) is 10.00 Å². The van der Waals surface area contributed by atoms with Crippen LogP contribution in [-0.4, -0.2) is 52.1 Å². The first-order valence-corrected chi connectivity index (χ1v) is 7.41. The molecule has 0 saturated carbocycles. The van der Waals surface area contributed by atoms with Crippen molar-refractivity contribution in [1.82, 2.24) is 10.6 Å². The average Bonchev–Trinajstić information content (AvgIpc) is 2.62. The fourth-order valence-electron chi connectivity index (χ4n) is 1.70. The molecule has 0 fully saturated rings. The lowest BCUT2D eigenvalue weighted by atomic mass is 10.1. The van der Waals surface area contributed by atoms with Gasteiger partial charge < -0.3 is 20.3 Å². The molecule has 0 unspecified atom stereocenters. The first kappa shape index (κ1) is 19.7. The second kappa shape index (κ2) is 9.72. The highest BCUT2D eigenvalue weighted by Crippen LogP contribution is 2.15. The van der Waals surface area contributed by atoms with E-state index in [2.05, 4.69) is 10.6 Å². The Balaban J connectivity index is 2.63. The molecule has 8 nitrogen and oxygen atoms in total. The Hall–Kier alpha value is -3.34. The number of likely N-dealkylation sites (N-methyl/N-ethyl adjacent to an activating group) is 1. The van der Waals surface area contributed by atoms with Gasteiger partial charge in [0, 0.05) is 26.8 Å². The van der Waals surface area contributed by atoms with E-state index in [1.165, 1.54) is 13.1 Å². The minimum absolute atomic E-state index is 0.216. The number of anilines is 1. The van der Waals surface area contributed by atoms with E-state index >= 15 is 0 Å². The van der Waals surface area contributed by atoms with Crippen LogP contribution in [0.15, 0.2) is 29.8 Å². The van der Waals surface area contributed by atoms with E-state index in [1.807, 2.05) is 31.1 Å². The predicted octanol–water partition coefficient (Wildman–Crippen LogP) is 0.0650. The maximum absolute atomic E-state index is 11.9. The van der Waals surface area contributed by atoms with Crippen molar-refractivity contribution in [1.29, 1.82) is 5.26 Å². The zero-order valence-electron chi connectivity index (χ0n) is 14.3. The Morgan fingerprint density at radius 1 is 1.20 bits per heavy atom. The van der Waals surface area contributed by atoms with Crippen LogP contribution >= 0.6 is 0 Å². The number of carbonyl (C=O) groups excluding carboxylic acids is 3. The Labute approximate surface area is 146 Å². The van der Waals surface area contributed by atoms with Crippen LogP contribution in [0.5, 0.6) is 0 Å². The van der Waals surface area contributed by atoms with Crippen molar-refractivity contribution in [2.24, 2.45) is 0 Å². The van der Waals surface area contributed by atoms with Crippen molar-refractivity contribution >= 4 is 29.5 Å². The Morgan fingerprint density at radius 2 is 1.84 bits per heavy atom. The molecule has 0 saturated heterocycles. The molecule has 0 aliphatic heterocycles. The quantitative estimate of drug-likeness (QED) is 0.411. The number of rotatable bonds is 7. The fraction of sp³-hybridized carbons (Fsp3) is 0.294. The number of nitrogens with zero attached hydrogens (tertiary/aromatic N) is 2. The summed E-state index contributed by atoms with van der Waals surface area (Å²) >= 11 is 0. The lowest BCUT2D eigenvalue weighted by molar-refractivity contribution is -0.144. The maximum Gasteiger partial charge on any atom is 0.349 e. The molecule has 0 aliphatic rings. The van der Waals surface area contributed by atoms with Crippen molar-refractivity contribution in [3.05, 3.63) is 35.4 Å². The molecule has 1 rings (SSSR count). The lowest BCUT2D eigenvalue weighted by Crippen LogP contribution is -2.37. The molecule has 0 aliphatic carbocycles. The second-order valence-corrected chi connectivity index (χ2v) is 5.18. The molecule has 0 spiro atoms. The highest BCUT2D eigenvalue weighted by Gasteiger charge is 2.13. The third-order valence-corrected chi connectivity index (χ3v) is 3.12. The van der Waals surface area contributed by atoms with Gasteiger partial charge in [0.25, 0.3) is 5.91 Å². The third-order valence-electron chi connectivity index (χ3n) is 3.12. The monoisotopic (exact) mass is 344 g/mol. The molecule has 25 heavy (non-hydrogen) atoms. The number of amides is 2. The summed E-state index contributed by atoms with van der Waals surface area (Å²) in [7, 11) is 5.24. The van der Waals surface area contributed by atoms with Gasteiger partial charge in [-0.1, -0.05) is 12.1 Å². The minimum atomic E-state index is -0.908. The molecule has 2 amide bonds. The third kappa shape index (κ3) is 6.74. The van der Waals surface area contributed by atoms with E-state index in [1.54, 1.807) is 18.2 Å². The van der Waals surface area contributed by atoms with E-state index in [-0.39, 0.29) is 18.0 Å². The number of ether oxygens (including phenoxy) is 1. The predicted molar refractivity (Wildman–Crippen MR) is 92.4 cm³/mol. The molecule has 132 valence electrons. The minimum Gasteiger partial charge on any atom is -0.451 e. The molecule has 8 heteroatoms. The summed E-state index contributed by atoms with van der Waals surface area (Å²) in [6, 6.07) is 8.96. The Morgan fingerprint density at radius 3 is 2.36 bits per heavy atom. The van der Waals surface area contributed by atoms with E-state index in [9.17, 15) is 14.4 Å². The first-order chi connectivity index (χ1) is 11.9. The SMILES string of the molecule is CNC(=O)CNC(=O)COC(=O)/C(C#N)=C/c1ccc(N(C)C)cc1. The van der Waals surface area contributed by atoms with E-state index in [0.29, 0.717) is 5.56 Å². The standard InChI is InChI=1S/C17H20N4O4/c1-19-15(22)10-20-16(23)11-25-17(24)13(9-18)8-12-4-6-14(7-5-12)21(2)3/h4-8H,10-11H2,1-3H3,(H,19,22)(H,20,23)/b13-8+. The van der Waals surface area contributed by atoms with Crippen molar-refractivity contribution in [3.8, 4) is 6.07 Å². The number of carbonyl (C=O) groups is 3. The summed E-state index contributed by atoms with van der Waals surface area (Å²) in [5.74, 6) is -1.92. The van der Waals surface area contributed by atoms with Gasteiger partial charge in [0.2, 0.25) is 5.91 Å². The molecule has 0 atom stereocenters. The molecule has 0 aromatic heterocycles. The Bertz CT molecular complexity index is 702. The number of benzene rings is 1. The Kier molecular flexibility index (Phi) is 7.66. The largest absolute Gasteiger partial charge is 0.451 e. The van der Waals surface area contributed by atoms with Gasteiger partial charge in [0.1, 0.15) is 11.6 Å². The summed E-state index contributed by atoms with van der Waals surface area (Å²) in [6.45, 7) is -0.791. The van der Waals surface area contributed by atoms with Crippen LogP contribution < -0.4 is 15.5 Å². The molecule has 2 N–H and O–H groups in total. The number of esters is 1. The molecular weight excluding hydrogens is 324 g/mol. The van der Waals surface area contributed by atoms with Gasteiger partial charge in [-0.05, 0) is 23.8 Å². The van der Waals surface area contributed by atoms with Gasteiger partial charge in [-0.3, -0.25) is 9.59 Å². The van der Waals surface area contributed by atoms with Crippen molar-refractivity contribution < 1.29 is 19.1 Å². The van der Waals surface area contributed by atoms with Crippen LogP contribution in [0.25, 0.3) is 6.08 Å². The summed E-state index contributed by atoms with van der Waals surface area (Å²) in [6.07, 6.45) is 1.38. The van der Waals surface area contributed by atoms with Crippen LogP contribution in [-0.2, 0) is 19.1 Å². The first-order valence-electron chi connectivity index (χ1n) is 7.41. The normalized spacial score (nSPS) is 10.4. The number of nitrogens with one attached hydrogen (secondary N) is 2. The van der Waals surface area contributed by atoms with Crippen LogP contribution in [0.1, 0.15) is 5.56 Å². The smallest absolute Gasteiger partial charge is 0.349 e. The highest BCUT2D eigenvalue weighted by atomic mass is 16.5. The van der Waals surface area contributed by atoms with Gasteiger partial charge in [0.15, 0.2) is 6.61 Å². The topological polar surface area (TPSA) is 112 Å². The summed E-state index contributed by atoms with van der Waals surface area (Å²) < 4.78 is 4.78. The summed E-state index contributed by atoms with van der Waals surface area (Å²) in [5, 5.41) is 13.7. The van der Waals surface area contributed by atoms with Crippen molar-refractivity contribution in [3.63, 3.8) is 0 Å². The second-order valence-electron chi connectivity index (χ2n) is 5.18. The molecule has 1 aromatic carbocycles. The molecular formula is C17H20N4O4. The fourth-order valence-corrected chi connectivity index (χ4v) is 1.70. The molecule has 1 aromatic rings. The van der Waals surface area contributed by atoms with Crippen LogP contribution in [0.4, 0.5) is 5.69 Å². The summed E-state index contributed by atoms with van der Waals surface area (Å²) in [4.78, 5) is 36.2. The highest BCUT2D eigenvalue weighted by molar-refractivity contribution is 5.99. The summed E-state index contributed by atoms with van der Waals surface area (Å²) in [5.41, 5.74) is 1.41. The van der Waals surface area contributed by atoms with Crippen molar-refractivity contribution in [2.45, 2.75) is 0 Å². The van der Waals surface area contributed by atoms with E-state index < -0.39 is 18.5 Å². The number of nitriles is 1. The zero-order valence-corrected chi connectivity index (χ0v) is 14.3. The van der Waals surface area contributed by atoms with Gasteiger partial charge in [-0.2, -0.15) is 5.26 Å². The average molecular weight is 344 g/mol. The maximum atomic E-state index is 11.9. The van der Waals surface area contributed by atoms with Crippen molar-refractivity contribution in [2.75, 3.05) is 39.2 Å². The van der Waals surface area contributed by atoms with Crippen LogP contribution in [0.2, 0.25) is 0 Å². The van der Waals surface area contributed by atoms with Gasteiger partial charge in [-0.25, -0.2) is 4.79 Å². The van der Waals surface area contributed by atoms with Crippen LogP contribution in [0, 0.1) is 11.3 Å². The molecule has 0 heterocycles.